The van der Waals surface area contributed by atoms with Crippen LogP contribution >= 0.6 is 0 Å². The Morgan fingerprint density at radius 3 is 2.46 bits per heavy atom. The van der Waals surface area contributed by atoms with Gasteiger partial charge in [-0.2, -0.15) is 0 Å². The summed E-state index contributed by atoms with van der Waals surface area (Å²) in [6.07, 6.45) is 2.81. The summed E-state index contributed by atoms with van der Waals surface area (Å²) in [5.41, 5.74) is 2.07. The lowest BCUT2D eigenvalue weighted by atomic mass is 9.87. The summed E-state index contributed by atoms with van der Waals surface area (Å²) in [4.78, 5) is 7.04. The van der Waals surface area contributed by atoms with E-state index < -0.39 is 30.1 Å². The van der Waals surface area contributed by atoms with Gasteiger partial charge in [0.25, 0.3) is 5.92 Å². The molecule has 0 spiro atoms. The molecule has 1 N–H and O–H groups in total. The number of halogens is 4. The molecule has 1 fully saturated rings. The van der Waals surface area contributed by atoms with Gasteiger partial charge in [-0.25, -0.2) is 17.6 Å². The molecule has 2 aliphatic rings. The minimum Gasteiger partial charge on any atom is -0.492 e. The van der Waals surface area contributed by atoms with Crippen molar-refractivity contribution in [2.45, 2.75) is 51.1 Å². The molecule has 3 aromatic rings. The van der Waals surface area contributed by atoms with E-state index in [4.69, 9.17) is 4.74 Å². The summed E-state index contributed by atoms with van der Waals surface area (Å²) in [7, 11) is 0. The van der Waals surface area contributed by atoms with Crippen LogP contribution in [-0.4, -0.2) is 59.5 Å². The summed E-state index contributed by atoms with van der Waals surface area (Å²) in [6.45, 7) is 5.10. The Labute approximate surface area is 202 Å². The van der Waals surface area contributed by atoms with Crippen LogP contribution in [0.25, 0.3) is 10.9 Å². The molecule has 1 saturated heterocycles. The van der Waals surface area contributed by atoms with Gasteiger partial charge in [-0.15, -0.1) is 0 Å². The second-order valence-corrected chi connectivity index (χ2v) is 9.96. The molecule has 2 aliphatic heterocycles. The number of rotatable bonds is 7. The molecule has 1 aromatic heterocycles. The van der Waals surface area contributed by atoms with Gasteiger partial charge in [0.15, 0.2) is 0 Å². The lowest BCUT2D eigenvalue weighted by Gasteiger charge is -2.42. The van der Waals surface area contributed by atoms with Gasteiger partial charge >= 0.3 is 0 Å². The van der Waals surface area contributed by atoms with Gasteiger partial charge in [-0.1, -0.05) is 18.2 Å². The lowest BCUT2D eigenvalue weighted by molar-refractivity contribution is -0.0374. The molecule has 0 aliphatic carbocycles. The predicted octanol–water partition coefficient (Wildman–Crippen LogP) is 5.91. The van der Waals surface area contributed by atoms with E-state index in [-0.39, 0.29) is 17.4 Å². The van der Waals surface area contributed by atoms with Gasteiger partial charge in [-0.3, -0.25) is 9.80 Å². The van der Waals surface area contributed by atoms with Crippen molar-refractivity contribution in [2.75, 3.05) is 32.8 Å². The first-order chi connectivity index (χ1) is 16.7. The summed E-state index contributed by atoms with van der Waals surface area (Å²) in [6, 6.07) is 8.60. The number of aromatic amines is 1. The molecule has 4 nitrogen and oxygen atoms in total. The first-order valence-electron chi connectivity index (χ1n) is 12.3. The van der Waals surface area contributed by atoms with Crippen molar-refractivity contribution in [2.24, 2.45) is 0 Å². The Morgan fingerprint density at radius 1 is 1.09 bits per heavy atom. The van der Waals surface area contributed by atoms with Crippen molar-refractivity contribution in [1.82, 2.24) is 14.8 Å². The van der Waals surface area contributed by atoms with Crippen LogP contribution in [0.5, 0.6) is 5.75 Å². The fourth-order valence-electron chi connectivity index (χ4n) is 5.59. The maximum atomic E-state index is 15.5. The van der Waals surface area contributed by atoms with E-state index >= 15 is 8.78 Å². The smallest absolute Gasteiger partial charge is 0.257 e. The standard InChI is InChI=1S/C27H31F4N3O/c1-17-13-20-19-7-3-4-8-23(19)32-25(20)26(34(17)16-27(2,30)31)24-21(28)14-18(15-22(24)29)35-12-11-33-9-5-6-10-33/h3-4,7-8,14-15,17,26,32H,5-6,9-13,16H2,1-2H3/t17?,26-/m1/s1. The van der Waals surface area contributed by atoms with E-state index in [2.05, 4.69) is 9.88 Å². The van der Waals surface area contributed by atoms with Crippen LogP contribution in [-0.2, 0) is 6.42 Å². The van der Waals surface area contributed by atoms with Crippen LogP contribution in [0.1, 0.15) is 49.6 Å². The molecule has 0 saturated carbocycles. The van der Waals surface area contributed by atoms with E-state index in [1.807, 2.05) is 31.2 Å². The minimum absolute atomic E-state index is 0.107. The SMILES string of the molecule is CC1Cc2c([nH]c3ccccc23)[C@@H](c2c(F)cc(OCCN3CCCC3)cc2F)N1CC(C)(F)F. The number of H-pyrrole nitrogens is 1. The first kappa shape index (κ1) is 24.1. The van der Waals surface area contributed by atoms with Crippen LogP contribution in [0.3, 0.4) is 0 Å². The molecule has 188 valence electrons. The number of ether oxygens (including phenoxy) is 1. The van der Waals surface area contributed by atoms with Gasteiger partial charge in [0, 0.05) is 53.8 Å². The number of likely N-dealkylation sites (tertiary alicyclic amines) is 1. The van der Waals surface area contributed by atoms with Crippen LogP contribution in [0.15, 0.2) is 36.4 Å². The third kappa shape index (κ3) is 4.91. The van der Waals surface area contributed by atoms with Crippen molar-refractivity contribution >= 4 is 10.9 Å². The Balaban J connectivity index is 1.52. The molecule has 3 heterocycles. The van der Waals surface area contributed by atoms with Crippen LogP contribution < -0.4 is 4.74 Å². The molecular weight excluding hydrogens is 458 g/mol. The second kappa shape index (κ2) is 9.47. The molecule has 0 bridgehead atoms. The number of aromatic nitrogens is 1. The van der Waals surface area contributed by atoms with Crippen molar-refractivity contribution < 1.29 is 22.3 Å². The average molecular weight is 490 g/mol. The summed E-state index contributed by atoms with van der Waals surface area (Å²) < 4.78 is 65.2. The quantitative estimate of drug-likeness (QED) is 0.419. The van der Waals surface area contributed by atoms with Crippen molar-refractivity contribution in [1.29, 1.82) is 0 Å². The normalized spacial score (nSPS) is 21.5. The Morgan fingerprint density at radius 2 is 1.77 bits per heavy atom. The highest BCUT2D eigenvalue weighted by Gasteiger charge is 2.42. The largest absolute Gasteiger partial charge is 0.492 e. The van der Waals surface area contributed by atoms with Gasteiger partial charge < -0.3 is 9.72 Å². The lowest BCUT2D eigenvalue weighted by Crippen LogP contribution is -2.47. The summed E-state index contributed by atoms with van der Waals surface area (Å²) in [5, 5.41) is 0.949. The molecule has 8 heteroatoms. The zero-order valence-corrected chi connectivity index (χ0v) is 20.1. The van der Waals surface area contributed by atoms with Crippen molar-refractivity contribution in [3.63, 3.8) is 0 Å². The van der Waals surface area contributed by atoms with E-state index in [0.717, 1.165) is 49.3 Å². The molecule has 2 atom stereocenters. The molecule has 0 radical (unpaired) electrons. The highest BCUT2D eigenvalue weighted by Crippen LogP contribution is 2.43. The van der Waals surface area contributed by atoms with Crippen LogP contribution in [0.2, 0.25) is 0 Å². The Hall–Kier alpha value is -2.58. The number of hydrogen-bond donors (Lipinski definition) is 1. The number of fused-ring (bicyclic) bond motifs is 3. The molecule has 5 rings (SSSR count). The van der Waals surface area contributed by atoms with Crippen molar-refractivity contribution in [3.05, 3.63) is 64.9 Å². The maximum Gasteiger partial charge on any atom is 0.257 e. The van der Waals surface area contributed by atoms with Gasteiger partial charge in [0.05, 0.1) is 12.6 Å². The summed E-state index contributed by atoms with van der Waals surface area (Å²) >= 11 is 0. The zero-order chi connectivity index (χ0) is 24.7. The van der Waals surface area contributed by atoms with Crippen molar-refractivity contribution in [3.8, 4) is 5.75 Å². The number of hydrogen-bond acceptors (Lipinski definition) is 3. The number of alkyl halides is 2. The fourth-order valence-corrected chi connectivity index (χ4v) is 5.59. The number of benzene rings is 2. The monoisotopic (exact) mass is 489 g/mol. The van der Waals surface area contributed by atoms with Gasteiger partial charge in [-0.05, 0) is 50.9 Å². The molecule has 35 heavy (non-hydrogen) atoms. The highest BCUT2D eigenvalue weighted by atomic mass is 19.3. The third-order valence-electron chi connectivity index (χ3n) is 7.18. The van der Waals surface area contributed by atoms with Crippen LogP contribution in [0.4, 0.5) is 17.6 Å². The Bertz CT molecular complexity index is 1180. The van der Waals surface area contributed by atoms with Crippen LogP contribution in [0, 0.1) is 11.6 Å². The highest BCUT2D eigenvalue weighted by molar-refractivity contribution is 5.85. The van der Waals surface area contributed by atoms with Gasteiger partial charge in [0.1, 0.15) is 24.0 Å². The minimum atomic E-state index is -3.03. The number of nitrogens with zero attached hydrogens (tertiary/aromatic N) is 2. The topological polar surface area (TPSA) is 31.5 Å². The maximum absolute atomic E-state index is 15.5. The Kier molecular flexibility index (Phi) is 6.53. The third-order valence-corrected chi connectivity index (χ3v) is 7.18. The van der Waals surface area contributed by atoms with E-state index in [9.17, 15) is 8.78 Å². The number of para-hydroxylation sites is 1. The number of nitrogens with one attached hydrogen (secondary N) is 1. The second-order valence-electron chi connectivity index (χ2n) is 9.96. The fraction of sp³-hybridized carbons (Fsp3) is 0.481. The van der Waals surface area contributed by atoms with E-state index in [0.29, 0.717) is 25.3 Å². The van der Waals surface area contributed by atoms with E-state index in [1.54, 1.807) is 0 Å². The molecular formula is C27H31F4N3O. The first-order valence-corrected chi connectivity index (χ1v) is 12.3. The predicted molar refractivity (Wildman–Crippen MR) is 128 cm³/mol. The van der Waals surface area contributed by atoms with Gasteiger partial charge in [0.2, 0.25) is 0 Å². The molecule has 2 aromatic carbocycles. The van der Waals surface area contributed by atoms with E-state index in [1.165, 1.54) is 17.0 Å². The molecule has 0 amide bonds. The summed E-state index contributed by atoms with van der Waals surface area (Å²) in [5.74, 6) is -4.51. The zero-order valence-electron chi connectivity index (χ0n) is 20.1. The molecule has 1 unspecified atom stereocenters. The average Bonchev–Trinajstić information content (AvgIpc) is 3.42.